The Labute approximate surface area is 192 Å². The van der Waals surface area contributed by atoms with Crippen molar-refractivity contribution in [1.29, 1.82) is 0 Å². The second-order valence-electron chi connectivity index (χ2n) is 8.30. The molecule has 0 saturated heterocycles. The maximum atomic E-state index is 13.7. The molecule has 0 amide bonds. The molecule has 7 heteroatoms. The van der Waals surface area contributed by atoms with Gasteiger partial charge in [-0.3, -0.25) is 0 Å². The Hall–Kier alpha value is -2.09. The minimum atomic E-state index is -3.71. The van der Waals surface area contributed by atoms with Crippen LogP contribution in [0, 0.1) is 0 Å². The first kappa shape index (κ1) is 24.6. The minimum Gasteiger partial charge on any atom is -0.490 e. The molecule has 2 atom stereocenters. The molecule has 0 saturated carbocycles. The van der Waals surface area contributed by atoms with Crippen LogP contribution in [-0.4, -0.2) is 43.2 Å². The number of benzene rings is 2. The van der Waals surface area contributed by atoms with Crippen molar-refractivity contribution in [1.82, 2.24) is 5.06 Å². The second kappa shape index (κ2) is 10.2. The quantitative estimate of drug-likeness (QED) is 0.539. The highest BCUT2D eigenvalue weighted by atomic mass is 32.2. The summed E-state index contributed by atoms with van der Waals surface area (Å²) in [5.74, 6) is 0.740. The highest BCUT2D eigenvalue weighted by Gasteiger charge is 2.48. The van der Waals surface area contributed by atoms with E-state index < -0.39 is 21.4 Å². The Morgan fingerprint density at radius 1 is 1.03 bits per heavy atom. The van der Waals surface area contributed by atoms with Gasteiger partial charge in [-0.1, -0.05) is 57.0 Å². The summed E-state index contributed by atoms with van der Waals surface area (Å²) in [4.78, 5) is 0.198. The summed E-state index contributed by atoms with van der Waals surface area (Å²) in [6.07, 6.45) is 2.84. The van der Waals surface area contributed by atoms with Crippen molar-refractivity contribution in [3.8, 4) is 11.5 Å². The zero-order chi connectivity index (χ0) is 23.4. The molecule has 1 unspecified atom stereocenters. The molecule has 2 aromatic rings. The van der Waals surface area contributed by atoms with E-state index in [1.807, 2.05) is 51.1 Å². The van der Waals surface area contributed by atoms with Crippen molar-refractivity contribution in [3.63, 3.8) is 0 Å². The summed E-state index contributed by atoms with van der Waals surface area (Å²) in [6, 6.07) is 12.2. The minimum absolute atomic E-state index is 0.150. The average Bonchev–Trinajstić information content (AvgIpc) is 2.85. The number of unbranched alkanes of at least 4 members (excludes halogenated alkanes) is 1. The first-order valence-corrected chi connectivity index (χ1v) is 13.2. The van der Waals surface area contributed by atoms with Crippen molar-refractivity contribution >= 4 is 9.84 Å². The number of rotatable bonds is 9. The first-order chi connectivity index (χ1) is 15.3. The topological polar surface area (TPSA) is 76.1 Å². The Kier molecular flexibility index (Phi) is 7.85. The van der Waals surface area contributed by atoms with Gasteiger partial charge in [0, 0.05) is 6.07 Å². The molecular formula is C25H35NO5S. The smallest absolute Gasteiger partial charge is 0.180 e. The third kappa shape index (κ3) is 4.65. The summed E-state index contributed by atoms with van der Waals surface area (Å²) in [7, 11) is -3.71. The van der Waals surface area contributed by atoms with Crippen molar-refractivity contribution in [2.75, 3.05) is 19.0 Å². The van der Waals surface area contributed by atoms with Gasteiger partial charge in [0.1, 0.15) is 0 Å². The van der Waals surface area contributed by atoms with Crippen LogP contribution in [0.1, 0.15) is 70.5 Å². The highest BCUT2D eigenvalue weighted by molar-refractivity contribution is 7.91. The van der Waals surface area contributed by atoms with E-state index in [4.69, 9.17) is 9.47 Å². The monoisotopic (exact) mass is 461 g/mol. The normalized spacial score (nSPS) is 22.7. The molecule has 1 heterocycles. The fraction of sp³-hybridized carbons (Fsp3) is 0.520. The largest absolute Gasteiger partial charge is 0.490 e. The number of hydrogen-bond donors (Lipinski definition) is 1. The van der Waals surface area contributed by atoms with Crippen molar-refractivity contribution in [2.45, 2.75) is 69.9 Å². The number of ether oxygens (including phenoxy) is 2. The molecule has 1 aliphatic heterocycles. The number of hydrogen-bond acceptors (Lipinski definition) is 6. The van der Waals surface area contributed by atoms with Gasteiger partial charge in [0.15, 0.2) is 21.3 Å². The summed E-state index contributed by atoms with van der Waals surface area (Å²) < 4.78 is 39.0. The Balaban J connectivity index is 2.33. The molecule has 176 valence electrons. The van der Waals surface area contributed by atoms with Crippen molar-refractivity contribution < 1.29 is 23.1 Å². The van der Waals surface area contributed by atoms with Crippen molar-refractivity contribution in [3.05, 3.63) is 53.6 Å². The zero-order valence-electron chi connectivity index (χ0n) is 19.5. The highest BCUT2D eigenvalue weighted by Crippen LogP contribution is 2.47. The van der Waals surface area contributed by atoms with E-state index in [0.29, 0.717) is 43.1 Å². The Morgan fingerprint density at radius 2 is 1.66 bits per heavy atom. The molecule has 2 aromatic carbocycles. The molecule has 0 radical (unpaired) electrons. The molecule has 0 spiro atoms. The van der Waals surface area contributed by atoms with Gasteiger partial charge in [-0.15, -0.1) is 0 Å². The lowest BCUT2D eigenvalue weighted by atomic mass is 9.87. The van der Waals surface area contributed by atoms with Crippen molar-refractivity contribution in [2.24, 2.45) is 0 Å². The van der Waals surface area contributed by atoms with Crippen LogP contribution in [0.15, 0.2) is 47.4 Å². The molecule has 3 rings (SSSR count). The van der Waals surface area contributed by atoms with Gasteiger partial charge in [0.2, 0.25) is 0 Å². The van der Waals surface area contributed by atoms with E-state index in [-0.39, 0.29) is 10.6 Å². The third-order valence-electron chi connectivity index (χ3n) is 6.26. The van der Waals surface area contributed by atoms with Crippen LogP contribution in [0.5, 0.6) is 11.5 Å². The van der Waals surface area contributed by atoms with Crippen LogP contribution >= 0.6 is 0 Å². The van der Waals surface area contributed by atoms with Gasteiger partial charge >= 0.3 is 0 Å². The predicted molar refractivity (Wildman–Crippen MR) is 125 cm³/mol. The van der Waals surface area contributed by atoms with Gasteiger partial charge < -0.3 is 14.7 Å². The van der Waals surface area contributed by atoms with E-state index >= 15 is 0 Å². The number of hydroxylamine groups is 2. The lowest BCUT2D eigenvalue weighted by Crippen LogP contribution is -2.51. The molecule has 0 aliphatic carbocycles. The molecule has 0 aromatic heterocycles. The average molecular weight is 462 g/mol. The lowest BCUT2D eigenvalue weighted by Gasteiger charge is -2.42. The Morgan fingerprint density at radius 3 is 2.22 bits per heavy atom. The predicted octanol–water partition coefficient (Wildman–Crippen LogP) is 5.39. The fourth-order valence-corrected chi connectivity index (χ4v) is 6.73. The van der Waals surface area contributed by atoms with Crippen LogP contribution in [-0.2, 0) is 9.84 Å². The van der Waals surface area contributed by atoms with E-state index in [0.717, 1.165) is 18.4 Å². The first-order valence-electron chi connectivity index (χ1n) is 11.5. The van der Waals surface area contributed by atoms with E-state index in [1.165, 1.54) is 5.06 Å². The van der Waals surface area contributed by atoms with E-state index in [9.17, 15) is 13.6 Å². The number of fused-ring (bicyclic) bond motifs is 1. The van der Waals surface area contributed by atoms with Crippen LogP contribution < -0.4 is 9.47 Å². The maximum absolute atomic E-state index is 13.7. The van der Waals surface area contributed by atoms with E-state index in [2.05, 4.69) is 6.92 Å². The second-order valence-corrected chi connectivity index (χ2v) is 10.3. The van der Waals surface area contributed by atoms with Gasteiger partial charge in [0.25, 0.3) is 0 Å². The molecule has 0 bridgehead atoms. The van der Waals surface area contributed by atoms with Gasteiger partial charge in [-0.2, -0.15) is 5.06 Å². The summed E-state index contributed by atoms with van der Waals surface area (Å²) in [5, 5.41) is 13.0. The SMILES string of the molecule is CCCC[C@]1(CC)CS(=O)(=O)c2cc(OCC)c(OCC)cc2C(c2ccccc2)N1O. The maximum Gasteiger partial charge on any atom is 0.180 e. The zero-order valence-corrected chi connectivity index (χ0v) is 20.3. The lowest BCUT2D eigenvalue weighted by molar-refractivity contribution is -0.193. The van der Waals surface area contributed by atoms with Gasteiger partial charge in [-0.05, 0) is 43.9 Å². The molecule has 6 nitrogen and oxygen atoms in total. The van der Waals surface area contributed by atoms with Crippen LogP contribution in [0.2, 0.25) is 0 Å². The molecular weight excluding hydrogens is 426 g/mol. The summed E-state index contributed by atoms with van der Waals surface area (Å²) in [6.45, 7) is 8.55. The number of nitrogens with zero attached hydrogens (tertiary/aromatic N) is 1. The standard InChI is InChI=1S/C25H35NO5S/c1-5-9-15-25(6-2)18-32(28,29)23-17-22(31-8-4)21(30-7-3)16-20(23)24(26(25)27)19-13-11-10-12-14-19/h10-14,16-17,24,27H,5-9,15,18H2,1-4H3/t24?,25-/m1/s1. The van der Waals surface area contributed by atoms with Gasteiger partial charge in [0.05, 0.1) is 35.4 Å². The Bertz CT molecular complexity index is 1010. The van der Waals surface area contributed by atoms with Crippen LogP contribution in [0.4, 0.5) is 0 Å². The van der Waals surface area contributed by atoms with Crippen LogP contribution in [0.3, 0.4) is 0 Å². The fourth-order valence-electron chi connectivity index (χ4n) is 4.57. The third-order valence-corrected chi connectivity index (χ3v) is 8.20. The molecule has 32 heavy (non-hydrogen) atoms. The summed E-state index contributed by atoms with van der Waals surface area (Å²) >= 11 is 0. The molecule has 1 N–H and O–H groups in total. The van der Waals surface area contributed by atoms with Crippen LogP contribution in [0.25, 0.3) is 0 Å². The molecule has 1 aliphatic rings. The van der Waals surface area contributed by atoms with Gasteiger partial charge in [-0.25, -0.2) is 8.42 Å². The van der Waals surface area contributed by atoms with E-state index in [1.54, 1.807) is 12.1 Å². The summed E-state index contributed by atoms with van der Waals surface area (Å²) in [5.41, 5.74) is 0.443. The molecule has 0 fully saturated rings. The number of sulfone groups is 1.